The highest BCUT2D eigenvalue weighted by Gasteiger charge is 2.52. The lowest BCUT2D eigenvalue weighted by molar-refractivity contribution is -0.120. The van der Waals surface area contributed by atoms with E-state index in [0.717, 1.165) is 35.4 Å². The van der Waals surface area contributed by atoms with Gasteiger partial charge in [-0.1, -0.05) is 6.07 Å². The van der Waals surface area contributed by atoms with Crippen LogP contribution >= 0.6 is 0 Å². The number of aromatic hydroxyl groups is 1. The highest BCUT2D eigenvalue weighted by atomic mass is 16.3. The SMILES string of the molecule is NC(=O)C1(c2cn3c(-c4ccc(O)cc4)cccc3n2)CC1. The van der Waals surface area contributed by atoms with Crippen molar-refractivity contribution >= 4 is 11.6 Å². The number of fused-ring (bicyclic) bond motifs is 1. The van der Waals surface area contributed by atoms with Gasteiger partial charge in [0, 0.05) is 6.20 Å². The molecule has 22 heavy (non-hydrogen) atoms. The van der Waals surface area contributed by atoms with Gasteiger partial charge in [0.1, 0.15) is 11.4 Å². The van der Waals surface area contributed by atoms with Gasteiger partial charge in [-0.2, -0.15) is 0 Å². The van der Waals surface area contributed by atoms with Gasteiger partial charge in [-0.3, -0.25) is 9.20 Å². The summed E-state index contributed by atoms with van der Waals surface area (Å²) >= 11 is 0. The Hall–Kier alpha value is -2.82. The van der Waals surface area contributed by atoms with Crippen molar-refractivity contribution in [1.82, 2.24) is 9.38 Å². The highest BCUT2D eigenvalue weighted by molar-refractivity contribution is 5.89. The third-order valence-electron chi connectivity index (χ3n) is 4.37. The van der Waals surface area contributed by atoms with Crippen molar-refractivity contribution in [1.29, 1.82) is 0 Å². The van der Waals surface area contributed by atoms with Crippen LogP contribution in [0.5, 0.6) is 5.75 Å². The first-order valence-corrected chi connectivity index (χ1v) is 7.18. The van der Waals surface area contributed by atoms with Crippen molar-refractivity contribution in [3.8, 4) is 17.0 Å². The summed E-state index contributed by atoms with van der Waals surface area (Å²) in [5.41, 5.74) is 8.40. The maximum Gasteiger partial charge on any atom is 0.229 e. The first-order chi connectivity index (χ1) is 10.6. The summed E-state index contributed by atoms with van der Waals surface area (Å²) in [5, 5.41) is 9.43. The number of carbonyl (C=O) groups is 1. The molecule has 5 nitrogen and oxygen atoms in total. The molecule has 4 rings (SSSR count). The van der Waals surface area contributed by atoms with Crippen molar-refractivity contribution in [2.45, 2.75) is 18.3 Å². The number of rotatable bonds is 3. The van der Waals surface area contributed by atoms with Crippen LogP contribution in [0.15, 0.2) is 48.7 Å². The van der Waals surface area contributed by atoms with Crippen molar-refractivity contribution in [3.05, 3.63) is 54.4 Å². The normalized spacial score (nSPS) is 15.8. The molecule has 3 N–H and O–H groups in total. The largest absolute Gasteiger partial charge is 0.508 e. The average molecular weight is 293 g/mol. The Bertz CT molecular complexity index is 877. The molecule has 110 valence electrons. The number of amides is 1. The van der Waals surface area contributed by atoms with E-state index in [4.69, 9.17) is 5.73 Å². The minimum atomic E-state index is -0.585. The van der Waals surface area contributed by atoms with E-state index in [2.05, 4.69) is 4.98 Å². The number of phenols is 1. The summed E-state index contributed by atoms with van der Waals surface area (Å²) < 4.78 is 1.96. The number of carbonyl (C=O) groups excluding carboxylic acids is 1. The maximum atomic E-state index is 11.7. The number of imidazole rings is 1. The molecule has 0 aliphatic heterocycles. The lowest BCUT2D eigenvalue weighted by Crippen LogP contribution is -2.28. The molecule has 1 amide bonds. The molecule has 0 radical (unpaired) electrons. The van der Waals surface area contributed by atoms with Crippen molar-refractivity contribution < 1.29 is 9.90 Å². The molecule has 1 saturated carbocycles. The molecule has 0 bridgehead atoms. The molecule has 1 aliphatic rings. The molecular weight excluding hydrogens is 278 g/mol. The molecule has 1 aliphatic carbocycles. The van der Waals surface area contributed by atoms with Crippen molar-refractivity contribution in [3.63, 3.8) is 0 Å². The lowest BCUT2D eigenvalue weighted by atomic mass is 10.0. The Balaban J connectivity index is 1.89. The lowest BCUT2D eigenvalue weighted by Gasteiger charge is -2.06. The van der Waals surface area contributed by atoms with Gasteiger partial charge >= 0.3 is 0 Å². The Labute approximate surface area is 127 Å². The Morgan fingerprint density at radius 1 is 1.18 bits per heavy atom. The zero-order valence-corrected chi connectivity index (χ0v) is 11.9. The fraction of sp³-hybridized carbons (Fsp3) is 0.176. The molecule has 0 unspecified atom stereocenters. The summed E-state index contributed by atoms with van der Waals surface area (Å²) in [6.07, 6.45) is 3.43. The Kier molecular flexibility index (Phi) is 2.54. The van der Waals surface area contributed by atoms with Crippen LogP contribution in [0.3, 0.4) is 0 Å². The fourth-order valence-corrected chi connectivity index (χ4v) is 2.86. The second-order valence-electron chi connectivity index (χ2n) is 5.76. The summed E-state index contributed by atoms with van der Waals surface area (Å²) in [5.74, 6) is -0.0741. The molecule has 1 fully saturated rings. The van der Waals surface area contributed by atoms with Crippen molar-refractivity contribution in [2.75, 3.05) is 0 Å². The van der Waals surface area contributed by atoms with E-state index in [-0.39, 0.29) is 11.7 Å². The zero-order chi connectivity index (χ0) is 15.3. The van der Waals surface area contributed by atoms with Crippen LogP contribution in [0.1, 0.15) is 18.5 Å². The molecule has 3 aromatic rings. The van der Waals surface area contributed by atoms with E-state index in [1.807, 2.05) is 40.9 Å². The number of benzene rings is 1. The minimum absolute atomic E-state index is 0.230. The average Bonchev–Trinajstić information content (AvgIpc) is 3.21. The third-order valence-corrected chi connectivity index (χ3v) is 4.37. The standard InChI is InChI=1S/C17H15N3O2/c18-16(22)17(8-9-17)14-10-20-13(2-1-3-15(20)19-14)11-4-6-12(21)7-5-11/h1-7,10,21H,8-9H2,(H2,18,22). The molecular formula is C17H15N3O2. The van der Waals surface area contributed by atoms with Gasteiger partial charge in [-0.25, -0.2) is 4.98 Å². The number of hydrogen-bond donors (Lipinski definition) is 2. The number of aromatic nitrogens is 2. The van der Waals surface area contributed by atoms with Crippen LogP contribution in [0.2, 0.25) is 0 Å². The van der Waals surface area contributed by atoms with Gasteiger partial charge < -0.3 is 10.8 Å². The van der Waals surface area contributed by atoms with Gasteiger partial charge in [0.15, 0.2) is 0 Å². The summed E-state index contributed by atoms with van der Waals surface area (Å²) in [4.78, 5) is 16.3. The van der Waals surface area contributed by atoms with Gasteiger partial charge in [0.25, 0.3) is 0 Å². The summed E-state index contributed by atoms with van der Waals surface area (Å²) in [6, 6.07) is 12.8. The monoisotopic (exact) mass is 293 g/mol. The second-order valence-corrected chi connectivity index (χ2v) is 5.76. The molecule has 0 atom stereocenters. The first kappa shape index (κ1) is 12.9. The van der Waals surface area contributed by atoms with Crippen LogP contribution < -0.4 is 5.73 Å². The van der Waals surface area contributed by atoms with E-state index in [1.54, 1.807) is 12.1 Å². The van der Waals surface area contributed by atoms with Crippen LogP contribution in [0.25, 0.3) is 16.9 Å². The van der Waals surface area contributed by atoms with Crippen LogP contribution in [-0.2, 0) is 10.2 Å². The highest BCUT2D eigenvalue weighted by Crippen LogP contribution is 2.47. The molecule has 1 aromatic carbocycles. The quantitative estimate of drug-likeness (QED) is 0.777. The molecule has 5 heteroatoms. The number of hydrogen-bond acceptors (Lipinski definition) is 3. The predicted molar refractivity (Wildman–Crippen MR) is 82.4 cm³/mol. The van der Waals surface area contributed by atoms with Gasteiger partial charge in [-0.05, 0) is 54.8 Å². The smallest absolute Gasteiger partial charge is 0.229 e. The zero-order valence-electron chi connectivity index (χ0n) is 11.9. The van der Waals surface area contributed by atoms with E-state index in [1.165, 1.54) is 0 Å². The van der Waals surface area contributed by atoms with Crippen molar-refractivity contribution in [2.24, 2.45) is 5.73 Å². The number of nitrogens with two attached hydrogens (primary N) is 1. The van der Waals surface area contributed by atoms with E-state index in [0.29, 0.717) is 0 Å². The van der Waals surface area contributed by atoms with Crippen LogP contribution in [-0.4, -0.2) is 20.4 Å². The first-order valence-electron chi connectivity index (χ1n) is 7.18. The second kappa shape index (κ2) is 4.34. The molecule has 0 saturated heterocycles. The van der Waals surface area contributed by atoms with Crippen LogP contribution in [0, 0.1) is 0 Å². The van der Waals surface area contributed by atoms with Gasteiger partial charge in [0.05, 0.1) is 16.8 Å². The van der Waals surface area contributed by atoms with E-state index in [9.17, 15) is 9.90 Å². The number of primary amides is 1. The molecule has 2 aromatic heterocycles. The molecule has 0 spiro atoms. The Morgan fingerprint density at radius 2 is 1.91 bits per heavy atom. The van der Waals surface area contributed by atoms with Crippen LogP contribution in [0.4, 0.5) is 0 Å². The number of pyridine rings is 1. The van der Waals surface area contributed by atoms with Gasteiger partial charge in [0.2, 0.25) is 5.91 Å². The number of phenolic OH excluding ortho intramolecular Hbond substituents is 1. The van der Waals surface area contributed by atoms with E-state index < -0.39 is 5.41 Å². The summed E-state index contributed by atoms with van der Waals surface area (Å²) in [6.45, 7) is 0. The maximum absolute atomic E-state index is 11.7. The minimum Gasteiger partial charge on any atom is -0.508 e. The topological polar surface area (TPSA) is 80.6 Å². The van der Waals surface area contributed by atoms with Gasteiger partial charge in [-0.15, -0.1) is 0 Å². The van der Waals surface area contributed by atoms with E-state index >= 15 is 0 Å². The third kappa shape index (κ3) is 1.79. The fourth-order valence-electron chi connectivity index (χ4n) is 2.86. The Morgan fingerprint density at radius 3 is 2.55 bits per heavy atom. The predicted octanol–water partition coefficient (Wildman–Crippen LogP) is 2.22. The summed E-state index contributed by atoms with van der Waals surface area (Å²) in [7, 11) is 0. The number of nitrogens with zero attached hydrogens (tertiary/aromatic N) is 2. The molecule has 2 heterocycles.